The van der Waals surface area contributed by atoms with Crippen molar-refractivity contribution in [2.75, 3.05) is 26.7 Å². The van der Waals surface area contributed by atoms with Gasteiger partial charge in [0.15, 0.2) is 0 Å². The van der Waals surface area contributed by atoms with Crippen LogP contribution in [0.1, 0.15) is 12.0 Å². The standard InChI is InChI=1S/C14H21N3O4S/c1-21-13-5-3-2-4-11(13)6-8-16-14(18)17-9-7-12(10-17)22(15,19)20/h2-5,12H,6-10H2,1H3,(H,16,18)(H2,15,19,20). The molecule has 0 aromatic heterocycles. The first kappa shape index (κ1) is 16.6. The highest BCUT2D eigenvalue weighted by molar-refractivity contribution is 7.89. The second-order valence-electron chi connectivity index (χ2n) is 5.24. The van der Waals surface area contributed by atoms with Crippen LogP contribution in [0, 0.1) is 0 Å². The predicted octanol–water partition coefficient (Wildman–Crippen LogP) is 0.310. The molecule has 1 aromatic carbocycles. The molecule has 1 aromatic rings. The van der Waals surface area contributed by atoms with Gasteiger partial charge in [-0.15, -0.1) is 0 Å². The fraction of sp³-hybridized carbons (Fsp3) is 0.500. The molecular weight excluding hydrogens is 306 g/mol. The lowest BCUT2D eigenvalue weighted by Crippen LogP contribution is -2.41. The van der Waals surface area contributed by atoms with Gasteiger partial charge in [0.1, 0.15) is 5.75 Å². The van der Waals surface area contributed by atoms with E-state index < -0.39 is 15.3 Å². The minimum absolute atomic E-state index is 0.152. The molecule has 1 aliphatic rings. The largest absolute Gasteiger partial charge is 0.496 e. The Bertz CT molecular complexity index is 633. The Hall–Kier alpha value is -1.80. The van der Waals surface area contributed by atoms with Crippen LogP contribution in [-0.2, 0) is 16.4 Å². The Kier molecular flexibility index (Phi) is 5.25. The molecule has 0 radical (unpaired) electrons. The van der Waals surface area contributed by atoms with Gasteiger partial charge in [-0.3, -0.25) is 0 Å². The van der Waals surface area contributed by atoms with Crippen LogP contribution in [0.2, 0.25) is 0 Å². The Morgan fingerprint density at radius 3 is 2.82 bits per heavy atom. The number of hydrogen-bond acceptors (Lipinski definition) is 4. The SMILES string of the molecule is COc1ccccc1CCNC(=O)N1CCC(S(N)(=O)=O)C1. The van der Waals surface area contributed by atoms with Crippen LogP contribution in [-0.4, -0.2) is 51.3 Å². The zero-order valence-electron chi connectivity index (χ0n) is 12.5. The lowest BCUT2D eigenvalue weighted by molar-refractivity contribution is 0.209. The average molecular weight is 327 g/mol. The maximum absolute atomic E-state index is 12.0. The summed E-state index contributed by atoms with van der Waals surface area (Å²) >= 11 is 0. The number of nitrogens with zero attached hydrogens (tertiary/aromatic N) is 1. The lowest BCUT2D eigenvalue weighted by Gasteiger charge is -2.17. The van der Waals surface area contributed by atoms with Crippen LogP contribution in [0.5, 0.6) is 5.75 Å². The van der Waals surface area contributed by atoms with Crippen LogP contribution < -0.4 is 15.2 Å². The summed E-state index contributed by atoms with van der Waals surface area (Å²) in [6, 6.07) is 7.35. The zero-order valence-corrected chi connectivity index (χ0v) is 13.3. The van der Waals surface area contributed by atoms with Gasteiger partial charge >= 0.3 is 6.03 Å². The van der Waals surface area contributed by atoms with E-state index in [4.69, 9.17) is 9.88 Å². The van der Waals surface area contributed by atoms with Crippen molar-refractivity contribution in [3.8, 4) is 5.75 Å². The third-order valence-corrected chi connectivity index (χ3v) is 5.07. The van der Waals surface area contributed by atoms with Crippen molar-refractivity contribution in [1.82, 2.24) is 10.2 Å². The number of methoxy groups -OCH3 is 1. The summed E-state index contributed by atoms with van der Waals surface area (Å²) in [5.41, 5.74) is 1.01. The van der Waals surface area contributed by atoms with Crippen LogP contribution >= 0.6 is 0 Å². The van der Waals surface area contributed by atoms with E-state index in [1.165, 1.54) is 4.90 Å². The van der Waals surface area contributed by atoms with E-state index >= 15 is 0 Å². The molecule has 0 saturated carbocycles. The quantitative estimate of drug-likeness (QED) is 0.812. The van der Waals surface area contributed by atoms with Crippen LogP contribution in [0.4, 0.5) is 4.79 Å². The molecule has 2 rings (SSSR count). The van der Waals surface area contributed by atoms with E-state index in [0.717, 1.165) is 11.3 Å². The second kappa shape index (κ2) is 6.97. The van der Waals surface area contributed by atoms with Crippen molar-refractivity contribution in [3.63, 3.8) is 0 Å². The molecule has 22 heavy (non-hydrogen) atoms. The van der Waals surface area contributed by atoms with Gasteiger partial charge in [-0.05, 0) is 24.5 Å². The lowest BCUT2D eigenvalue weighted by atomic mass is 10.1. The summed E-state index contributed by atoms with van der Waals surface area (Å²) in [6.07, 6.45) is 1.03. The maximum Gasteiger partial charge on any atom is 0.317 e. The first-order valence-corrected chi connectivity index (χ1v) is 8.69. The predicted molar refractivity (Wildman–Crippen MR) is 83.2 cm³/mol. The Labute approximate surface area is 130 Å². The van der Waals surface area contributed by atoms with E-state index in [0.29, 0.717) is 25.9 Å². The molecule has 8 heteroatoms. The van der Waals surface area contributed by atoms with Gasteiger partial charge in [0.2, 0.25) is 10.0 Å². The van der Waals surface area contributed by atoms with E-state index in [2.05, 4.69) is 5.32 Å². The number of ether oxygens (including phenoxy) is 1. The zero-order chi connectivity index (χ0) is 16.2. The second-order valence-corrected chi connectivity index (χ2v) is 7.08. The van der Waals surface area contributed by atoms with Crippen LogP contribution in [0.25, 0.3) is 0 Å². The van der Waals surface area contributed by atoms with Crippen molar-refractivity contribution in [2.45, 2.75) is 18.1 Å². The number of rotatable bonds is 5. The van der Waals surface area contributed by atoms with E-state index in [9.17, 15) is 13.2 Å². The monoisotopic (exact) mass is 327 g/mol. The summed E-state index contributed by atoms with van der Waals surface area (Å²) in [4.78, 5) is 13.5. The van der Waals surface area contributed by atoms with Gasteiger partial charge in [0.25, 0.3) is 0 Å². The van der Waals surface area contributed by atoms with E-state index in [1.807, 2.05) is 24.3 Å². The number of urea groups is 1. The molecule has 122 valence electrons. The van der Waals surface area contributed by atoms with Crippen LogP contribution in [0.15, 0.2) is 24.3 Å². The number of nitrogens with two attached hydrogens (primary N) is 1. The van der Waals surface area contributed by atoms with Gasteiger partial charge < -0.3 is 15.0 Å². The first-order chi connectivity index (χ1) is 10.4. The third-order valence-electron chi connectivity index (χ3n) is 3.76. The summed E-state index contributed by atoms with van der Waals surface area (Å²) in [6.45, 7) is 1.01. The number of likely N-dealkylation sites (tertiary alicyclic amines) is 1. The topological polar surface area (TPSA) is 102 Å². The highest BCUT2D eigenvalue weighted by atomic mass is 32.2. The van der Waals surface area contributed by atoms with E-state index in [-0.39, 0.29) is 12.6 Å². The van der Waals surface area contributed by atoms with Crippen molar-refractivity contribution in [2.24, 2.45) is 5.14 Å². The molecule has 1 fully saturated rings. The Balaban J connectivity index is 1.82. The number of para-hydroxylation sites is 1. The molecule has 7 nitrogen and oxygen atoms in total. The molecule has 1 atom stereocenters. The molecule has 2 amide bonds. The molecule has 0 aliphatic carbocycles. The van der Waals surface area contributed by atoms with Gasteiger partial charge in [0.05, 0.1) is 12.4 Å². The van der Waals surface area contributed by atoms with Crippen molar-refractivity contribution >= 4 is 16.1 Å². The number of hydrogen-bond donors (Lipinski definition) is 2. The first-order valence-electron chi connectivity index (χ1n) is 7.08. The average Bonchev–Trinajstić information content (AvgIpc) is 2.97. The number of carbonyl (C=O) groups excluding carboxylic acids is 1. The summed E-state index contributed by atoms with van der Waals surface area (Å²) < 4.78 is 27.8. The van der Waals surface area contributed by atoms with Crippen molar-refractivity contribution in [3.05, 3.63) is 29.8 Å². The fourth-order valence-corrected chi connectivity index (χ4v) is 3.33. The normalized spacial score (nSPS) is 18.3. The highest BCUT2D eigenvalue weighted by Crippen LogP contribution is 2.17. The molecule has 1 unspecified atom stereocenters. The molecule has 0 spiro atoms. The number of sulfonamides is 1. The van der Waals surface area contributed by atoms with E-state index in [1.54, 1.807) is 7.11 Å². The van der Waals surface area contributed by atoms with Gasteiger partial charge in [-0.25, -0.2) is 18.4 Å². The molecule has 1 heterocycles. The van der Waals surface area contributed by atoms with Crippen LogP contribution in [0.3, 0.4) is 0 Å². The number of nitrogens with one attached hydrogen (secondary N) is 1. The smallest absolute Gasteiger partial charge is 0.317 e. The highest BCUT2D eigenvalue weighted by Gasteiger charge is 2.32. The number of primary sulfonamides is 1. The Morgan fingerprint density at radius 2 is 2.18 bits per heavy atom. The van der Waals surface area contributed by atoms with Gasteiger partial charge in [-0.2, -0.15) is 0 Å². The number of amides is 2. The van der Waals surface area contributed by atoms with Gasteiger partial charge in [0, 0.05) is 19.6 Å². The summed E-state index contributed by atoms with van der Waals surface area (Å²) in [5, 5.41) is 7.24. The molecule has 1 saturated heterocycles. The minimum atomic E-state index is -3.58. The third kappa shape index (κ3) is 4.11. The molecule has 1 aliphatic heterocycles. The summed E-state index contributed by atoms with van der Waals surface area (Å²) in [7, 11) is -1.97. The summed E-state index contributed by atoms with van der Waals surface area (Å²) in [5.74, 6) is 0.784. The minimum Gasteiger partial charge on any atom is -0.496 e. The molecule has 3 N–H and O–H groups in total. The van der Waals surface area contributed by atoms with Gasteiger partial charge in [-0.1, -0.05) is 18.2 Å². The van der Waals surface area contributed by atoms with Crippen molar-refractivity contribution < 1.29 is 17.9 Å². The van der Waals surface area contributed by atoms with Crippen molar-refractivity contribution in [1.29, 1.82) is 0 Å². The number of benzene rings is 1. The number of carbonyl (C=O) groups is 1. The maximum atomic E-state index is 12.0. The molecular formula is C14H21N3O4S. The molecule has 0 bridgehead atoms. The Morgan fingerprint density at radius 1 is 1.45 bits per heavy atom. The fourth-order valence-electron chi connectivity index (χ4n) is 2.51.